The molecule has 1 fully saturated rings. The summed E-state index contributed by atoms with van der Waals surface area (Å²) in [4.78, 5) is 17.4. The number of hydrogen-bond acceptors (Lipinski definition) is 3. The maximum absolute atomic E-state index is 12.8. The summed E-state index contributed by atoms with van der Waals surface area (Å²) in [6.45, 7) is 0.904. The highest BCUT2D eigenvalue weighted by Crippen LogP contribution is 2.32. The molecule has 0 spiro atoms. The van der Waals surface area contributed by atoms with Crippen LogP contribution in [0, 0.1) is 11.3 Å². The lowest BCUT2D eigenvalue weighted by Crippen LogP contribution is -2.29. The minimum absolute atomic E-state index is 0.0266. The topological polar surface area (TPSA) is 57.0 Å². The molecule has 2 heterocycles. The van der Waals surface area contributed by atoms with Crippen LogP contribution in [0.4, 0.5) is 13.2 Å². The number of carbonyl (C=O) groups is 1. The summed E-state index contributed by atoms with van der Waals surface area (Å²) < 4.78 is 38.5. The first-order valence-electron chi connectivity index (χ1n) is 7.81. The van der Waals surface area contributed by atoms with Crippen LogP contribution in [0.3, 0.4) is 0 Å². The minimum Gasteiger partial charge on any atom is -0.338 e. The Labute approximate surface area is 152 Å². The molecule has 0 aliphatic carbocycles. The van der Waals surface area contributed by atoms with Gasteiger partial charge in [-0.2, -0.15) is 18.4 Å². The first kappa shape index (κ1) is 18.2. The number of amides is 1. The number of benzene rings is 1. The van der Waals surface area contributed by atoms with Crippen molar-refractivity contribution < 1.29 is 18.0 Å². The van der Waals surface area contributed by atoms with Crippen LogP contribution in [0.25, 0.3) is 0 Å². The number of nitrogens with zero attached hydrogens (tertiary/aromatic N) is 3. The summed E-state index contributed by atoms with van der Waals surface area (Å²) in [5.41, 5.74) is -0.957. The summed E-state index contributed by atoms with van der Waals surface area (Å²) in [5, 5.41) is 9.55. The molecule has 1 atom stereocenters. The van der Waals surface area contributed by atoms with E-state index in [1.54, 1.807) is 11.0 Å². The van der Waals surface area contributed by atoms with Gasteiger partial charge in [0.15, 0.2) is 5.69 Å². The quantitative estimate of drug-likeness (QED) is 0.783. The third-order valence-electron chi connectivity index (χ3n) is 4.32. The van der Waals surface area contributed by atoms with Gasteiger partial charge in [0.2, 0.25) is 0 Å². The molecule has 2 aromatic rings. The number of alkyl halides is 3. The van der Waals surface area contributed by atoms with E-state index in [1.807, 2.05) is 18.2 Å². The van der Waals surface area contributed by atoms with Gasteiger partial charge in [-0.1, -0.05) is 23.7 Å². The van der Waals surface area contributed by atoms with E-state index in [9.17, 15) is 18.0 Å². The van der Waals surface area contributed by atoms with Crippen LogP contribution in [0.5, 0.6) is 0 Å². The fourth-order valence-corrected chi connectivity index (χ4v) is 3.25. The van der Waals surface area contributed by atoms with Gasteiger partial charge in [0.1, 0.15) is 6.07 Å². The second kappa shape index (κ2) is 6.96. The Balaban J connectivity index is 1.79. The molecule has 0 radical (unpaired) electrons. The van der Waals surface area contributed by atoms with Gasteiger partial charge in [-0.25, -0.2) is 4.98 Å². The number of nitriles is 1. The molecule has 8 heteroatoms. The maximum atomic E-state index is 12.8. The lowest BCUT2D eigenvalue weighted by Gasteiger charge is -2.17. The van der Waals surface area contributed by atoms with Crippen LogP contribution < -0.4 is 0 Å². The monoisotopic (exact) mass is 379 g/mol. The fraction of sp³-hybridized carbons (Fsp3) is 0.278. The van der Waals surface area contributed by atoms with Crippen molar-refractivity contribution in [3.8, 4) is 6.07 Å². The van der Waals surface area contributed by atoms with Crippen molar-refractivity contribution in [1.82, 2.24) is 9.88 Å². The zero-order valence-corrected chi connectivity index (χ0v) is 14.2. The van der Waals surface area contributed by atoms with Gasteiger partial charge in [-0.3, -0.25) is 4.79 Å². The first-order valence-corrected chi connectivity index (χ1v) is 8.19. The summed E-state index contributed by atoms with van der Waals surface area (Å²) in [7, 11) is 0. The van der Waals surface area contributed by atoms with Crippen molar-refractivity contribution in [1.29, 1.82) is 5.26 Å². The standard InChI is InChI=1S/C18H13ClF3N3O/c19-15-3-1-2-11(7-15)12-4-5-25(10-12)17(26)14-6-13(8-23)16(24-9-14)18(20,21)22/h1-3,6-7,9,12H,4-5,10H2. The highest BCUT2D eigenvalue weighted by Gasteiger charge is 2.36. The molecule has 1 amide bonds. The van der Waals surface area contributed by atoms with E-state index >= 15 is 0 Å². The van der Waals surface area contributed by atoms with Crippen molar-refractivity contribution in [2.45, 2.75) is 18.5 Å². The predicted molar refractivity (Wildman–Crippen MR) is 88.7 cm³/mol. The van der Waals surface area contributed by atoms with Gasteiger partial charge < -0.3 is 4.90 Å². The molecular formula is C18H13ClF3N3O. The molecular weight excluding hydrogens is 367 g/mol. The largest absolute Gasteiger partial charge is 0.434 e. The van der Waals surface area contributed by atoms with Gasteiger partial charge in [-0.05, 0) is 30.2 Å². The van der Waals surface area contributed by atoms with Crippen LogP contribution in [0.1, 0.15) is 39.5 Å². The molecule has 0 saturated carbocycles. The van der Waals surface area contributed by atoms with Gasteiger partial charge in [0.05, 0.1) is 11.1 Å². The van der Waals surface area contributed by atoms with Crippen LogP contribution >= 0.6 is 11.6 Å². The third-order valence-corrected chi connectivity index (χ3v) is 4.55. The van der Waals surface area contributed by atoms with Crippen molar-refractivity contribution in [2.24, 2.45) is 0 Å². The normalized spacial score (nSPS) is 17.2. The van der Waals surface area contributed by atoms with Crippen molar-refractivity contribution >= 4 is 17.5 Å². The van der Waals surface area contributed by atoms with E-state index in [0.717, 1.165) is 24.2 Å². The molecule has 4 nitrogen and oxygen atoms in total. The Morgan fingerprint density at radius 1 is 1.35 bits per heavy atom. The summed E-state index contributed by atoms with van der Waals surface area (Å²) in [6, 6.07) is 9.78. The third kappa shape index (κ3) is 3.65. The predicted octanol–water partition coefficient (Wildman–Crippen LogP) is 4.26. The Morgan fingerprint density at radius 3 is 2.77 bits per heavy atom. The van der Waals surface area contributed by atoms with E-state index in [0.29, 0.717) is 18.1 Å². The Hall–Kier alpha value is -2.59. The number of pyridine rings is 1. The maximum Gasteiger partial charge on any atom is 0.434 e. The number of carbonyl (C=O) groups excluding carboxylic acids is 1. The van der Waals surface area contributed by atoms with Crippen LogP contribution in [0.2, 0.25) is 5.02 Å². The average molecular weight is 380 g/mol. The number of aromatic nitrogens is 1. The molecule has 1 aromatic carbocycles. The van der Waals surface area contributed by atoms with Gasteiger partial charge in [-0.15, -0.1) is 0 Å². The van der Waals surface area contributed by atoms with Crippen LogP contribution in [-0.2, 0) is 6.18 Å². The lowest BCUT2D eigenvalue weighted by molar-refractivity contribution is -0.141. The molecule has 26 heavy (non-hydrogen) atoms. The van der Waals surface area contributed by atoms with Crippen molar-refractivity contribution in [3.05, 3.63) is 63.9 Å². The first-order chi connectivity index (χ1) is 12.3. The van der Waals surface area contributed by atoms with Crippen molar-refractivity contribution in [3.63, 3.8) is 0 Å². The molecule has 3 rings (SSSR count). The van der Waals surface area contributed by atoms with E-state index in [2.05, 4.69) is 4.98 Å². The Kier molecular flexibility index (Phi) is 4.88. The number of hydrogen-bond donors (Lipinski definition) is 0. The molecule has 0 bridgehead atoms. The molecule has 1 aromatic heterocycles. The Morgan fingerprint density at radius 2 is 2.12 bits per heavy atom. The fourth-order valence-electron chi connectivity index (χ4n) is 3.05. The average Bonchev–Trinajstić information content (AvgIpc) is 3.10. The second-order valence-corrected chi connectivity index (χ2v) is 6.46. The molecule has 1 aliphatic heterocycles. The van der Waals surface area contributed by atoms with E-state index in [4.69, 9.17) is 16.9 Å². The zero-order valence-electron chi connectivity index (χ0n) is 13.4. The van der Waals surface area contributed by atoms with Gasteiger partial charge >= 0.3 is 6.18 Å². The van der Waals surface area contributed by atoms with Crippen LogP contribution in [0.15, 0.2) is 36.5 Å². The molecule has 1 unspecified atom stereocenters. The van der Waals surface area contributed by atoms with Gasteiger partial charge in [0, 0.05) is 30.2 Å². The highest BCUT2D eigenvalue weighted by atomic mass is 35.5. The molecule has 1 aliphatic rings. The van der Waals surface area contributed by atoms with Gasteiger partial charge in [0.25, 0.3) is 5.91 Å². The zero-order chi connectivity index (χ0) is 18.9. The summed E-state index contributed by atoms with van der Waals surface area (Å²) >= 11 is 5.99. The minimum atomic E-state index is -4.74. The number of halogens is 4. The second-order valence-electron chi connectivity index (χ2n) is 6.02. The molecule has 134 valence electrons. The SMILES string of the molecule is N#Cc1cc(C(=O)N2CCC(c3cccc(Cl)c3)C2)cnc1C(F)(F)F. The molecule has 1 saturated heterocycles. The summed E-state index contributed by atoms with van der Waals surface area (Å²) in [5.74, 6) is -0.331. The number of likely N-dealkylation sites (tertiary alicyclic amines) is 1. The summed E-state index contributed by atoms with van der Waals surface area (Å²) in [6.07, 6.45) is -3.14. The van der Waals surface area contributed by atoms with E-state index < -0.39 is 23.3 Å². The van der Waals surface area contributed by atoms with Crippen LogP contribution in [-0.4, -0.2) is 28.9 Å². The smallest absolute Gasteiger partial charge is 0.338 e. The Bertz CT molecular complexity index is 892. The van der Waals surface area contributed by atoms with E-state index in [1.165, 1.54) is 6.07 Å². The molecule has 0 N–H and O–H groups in total. The number of rotatable bonds is 2. The van der Waals surface area contributed by atoms with E-state index in [-0.39, 0.29) is 11.5 Å². The lowest BCUT2D eigenvalue weighted by atomic mass is 9.99. The highest BCUT2D eigenvalue weighted by molar-refractivity contribution is 6.30. The van der Waals surface area contributed by atoms with Crippen molar-refractivity contribution in [2.75, 3.05) is 13.1 Å².